The van der Waals surface area contributed by atoms with Crippen molar-refractivity contribution in [3.05, 3.63) is 22.8 Å². The van der Waals surface area contributed by atoms with E-state index in [9.17, 15) is 9.59 Å². The molecule has 25 heavy (non-hydrogen) atoms. The lowest BCUT2D eigenvalue weighted by Crippen LogP contribution is -2.44. The van der Waals surface area contributed by atoms with Crippen LogP contribution < -0.4 is 4.90 Å². The molecular weight excluding hydrogens is 479 g/mol. The van der Waals surface area contributed by atoms with Gasteiger partial charge in [-0.15, -0.1) is 0 Å². The molecule has 9 heteroatoms. The summed E-state index contributed by atoms with van der Waals surface area (Å²) in [5.74, 6) is -0.0606. The fourth-order valence-corrected chi connectivity index (χ4v) is 2.35. The predicted octanol–water partition coefficient (Wildman–Crippen LogP) is 6.20. The third kappa shape index (κ3) is 7.11. The van der Waals surface area contributed by atoms with E-state index in [4.69, 9.17) is 21.1 Å². The minimum Gasteiger partial charge on any atom is -0.443 e. The average molecular weight is 501 g/mol. The summed E-state index contributed by atoms with van der Waals surface area (Å²) in [6.07, 6.45) is -0.354. The van der Waals surface area contributed by atoms with Crippen LogP contribution in [-0.4, -0.2) is 28.4 Å². The van der Waals surface area contributed by atoms with Crippen LogP contribution in [0.1, 0.15) is 50.8 Å². The van der Waals surface area contributed by atoms with E-state index >= 15 is 0 Å². The van der Waals surface area contributed by atoms with Crippen molar-refractivity contribution in [1.82, 2.24) is 4.98 Å². The van der Waals surface area contributed by atoms with Crippen LogP contribution in [0.25, 0.3) is 0 Å². The van der Waals surface area contributed by atoms with Crippen LogP contribution in [0.15, 0.2) is 12.3 Å². The van der Waals surface area contributed by atoms with Gasteiger partial charge in [-0.1, -0.05) is 43.5 Å². The number of rotatable bonds is 2. The first-order valence-corrected chi connectivity index (χ1v) is 9.62. The van der Waals surface area contributed by atoms with E-state index in [1.54, 1.807) is 47.6 Å². The summed E-state index contributed by atoms with van der Waals surface area (Å²) in [4.78, 5) is 29.9. The summed E-state index contributed by atoms with van der Waals surface area (Å²) in [6, 6.07) is 1.58. The number of carbonyl (C=O) groups excluding carboxylic acids is 2. The molecule has 2 amide bonds. The van der Waals surface area contributed by atoms with Gasteiger partial charge in [-0.05, 0) is 53.2 Å². The summed E-state index contributed by atoms with van der Waals surface area (Å²) in [6.45, 7) is 10.1. The Kier molecular flexibility index (Phi) is 7.30. The van der Waals surface area contributed by atoms with Crippen molar-refractivity contribution in [1.29, 1.82) is 0 Å². The molecule has 0 saturated heterocycles. The fourth-order valence-electron chi connectivity index (χ4n) is 1.59. The van der Waals surface area contributed by atoms with Crippen molar-refractivity contribution < 1.29 is 19.1 Å². The van der Waals surface area contributed by atoms with Crippen LogP contribution in [-0.2, 0) is 9.47 Å². The summed E-state index contributed by atoms with van der Waals surface area (Å²) >= 11 is 12.9. The second kappa shape index (κ2) is 8.22. The van der Waals surface area contributed by atoms with Gasteiger partial charge in [0.2, 0.25) is 0 Å². The lowest BCUT2D eigenvalue weighted by molar-refractivity contribution is 0.0429. The molecule has 1 aromatic rings. The summed E-state index contributed by atoms with van der Waals surface area (Å²) in [7, 11) is 0. The monoisotopic (exact) mass is 498 g/mol. The third-order valence-corrected chi connectivity index (χ3v) is 3.79. The van der Waals surface area contributed by atoms with E-state index < -0.39 is 23.4 Å². The van der Waals surface area contributed by atoms with Crippen molar-refractivity contribution in [3.8, 4) is 0 Å². The molecule has 0 aliphatic carbocycles. The highest BCUT2D eigenvalue weighted by Gasteiger charge is 2.35. The van der Waals surface area contributed by atoms with Crippen LogP contribution in [0, 0.1) is 0 Å². The molecule has 1 aromatic heterocycles. The maximum Gasteiger partial charge on any atom is 0.425 e. The highest BCUT2D eigenvalue weighted by atomic mass is 79.9. The fraction of sp³-hybridized carbons (Fsp3) is 0.562. The number of hydrogen-bond donors (Lipinski definition) is 0. The van der Waals surface area contributed by atoms with Crippen LogP contribution >= 0.6 is 43.5 Å². The van der Waals surface area contributed by atoms with E-state index in [1.165, 1.54) is 6.20 Å². The van der Waals surface area contributed by atoms with Crippen molar-refractivity contribution in [2.24, 2.45) is 0 Å². The predicted molar refractivity (Wildman–Crippen MR) is 105 cm³/mol. The van der Waals surface area contributed by atoms with Gasteiger partial charge in [0, 0.05) is 6.20 Å². The minimum atomic E-state index is -0.918. The van der Waals surface area contributed by atoms with Crippen LogP contribution in [0.2, 0.25) is 5.02 Å². The van der Waals surface area contributed by atoms with Gasteiger partial charge in [0.25, 0.3) is 0 Å². The van der Waals surface area contributed by atoms with Gasteiger partial charge < -0.3 is 9.47 Å². The normalized spacial score (nSPS) is 12.1. The quantitative estimate of drug-likeness (QED) is 0.452. The molecule has 0 bridgehead atoms. The smallest absolute Gasteiger partial charge is 0.425 e. The minimum absolute atomic E-state index is 0.0606. The summed E-state index contributed by atoms with van der Waals surface area (Å²) in [5.41, 5.74) is -0.886. The highest BCUT2D eigenvalue weighted by molar-refractivity contribution is 9.24. The Balaban J connectivity index is 3.31. The number of ether oxygens (including phenoxy) is 2. The molecule has 0 aliphatic rings. The highest BCUT2D eigenvalue weighted by Crippen LogP contribution is 2.34. The first-order valence-electron chi connectivity index (χ1n) is 7.41. The number of carbonyl (C=O) groups is 2. The largest absolute Gasteiger partial charge is 0.443 e. The Hall–Kier alpha value is -0.860. The number of amides is 2. The Bertz CT molecular complexity index is 627. The molecule has 0 radical (unpaired) electrons. The molecule has 0 N–H and O–H groups in total. The zero-order valence-electron chi connectivity index (χ0n) is 14.9. The molecule has 140 valence electrons. The molecule has 0 aromatic carbocycles. The SMILES string of the molecule is CC(C)(C)OC(=O)N(C(=O)OC(C)(C)C)c1ncc(C(Br)Br)cc1Cl. The Morgan fingerprint density at radius 3 is 1.84 bits per heavy atom. The maximum absolute atomic E-state index is 12.5. The van der Waals surface area contributed by atoms with Crippen molar-refractivity contribution in [2.45, 2.75) is 56.5 Å². The van der Waals surface area contributed by atoms with E-state index in [1.807, 2.05) is 0 Å². The number of aromatic nitrogens is 1. The van der Waals surface area contributed by atoms with Gasteiger partial charge in [-0.25, -0.2) is 14.6 Å². The lowest BCUT2D eigenvalue weighted by atomic mass is 10.2. The number of hydrogen-bond acceptors (Lipinski definition) is 5. The van der Waals surface area contributed by atoms with Crippen molar-refractivity contribution in [2.75, 3.05) is 4.90 Å². The number of nitrogens with zero attached hydrogens (tertiary/aromatic N) is 2. The third-order valence-electron chi connectivity index (χ3n) is 2.46. The van der Waals surface area contributed by atoms with E-state index in [0.717, 1.165) is 5.56 Å². The summed E-state index contributed by atoms with van der Waals surface area (Å²) < 4.78 is 10.4. The molecule has 0 unspecified atom stereocenters. The number of anilines is 1. The first-order chi connectivity index (χ1) is 11.2. The Morgan fingerprint density at radius 1 is 1.08 bits per heavy atom. The zero-order chi connectivity index (χ0) is 19.6. The van der Waals surface area contributed by atoms with Gasteiger partial charge in [0.15, 0.2) is 5.82 Å². The molecule has 1 rings (SSSR count). The van der Waals surface area contributed by atoms with E-state index in [2.05, 4.69) is 36.8 Å². The number of halogens is 3. The number of alkyl halides is 2. The van der Waals surface area contributed by atoms with Crippen LogP contribution in [0.4, 0.5) is 15.4 Å². The van der Waals surface area contributed by atoms with Crippen molar-refractivity contribution >= 4 is 61.5 Å². The lowest BCUT2D eigenvalue weighted by Gasteiger charge is -2.28. The molecule has 0 spiro atoms. The van der Waals surface area contributed by atoms with E-state index in [-0.39, 0.29) is 14.6 Å². The second-order valence-electron chi connectivity index (χ2n) is 7.17. The molecule has 0 aliphatic heterocycles. The molecule has 1 heterocycles. The first kappa shape index (κ1) is 22.2. The summed E-state index contributed by atoms with van der Waals surface area (Å²) in [5, 5.41) is 0.109. The second-order valence-corrected chi connectivity index (χ2v) is 10.6. The van der Waals surface area contributed by atoms with Crippen LogP contribution in [0.5, 0.6) is 0 Å². The van der Waals surface area contributed by atoms with Gasteiger partial charge in [0.1, 0.15) is 11.2 Å². The average Bonchev–Trinajstić information content (AvgIpc) is 2.36. The van der Waals surface area contributed by atoms with Crippen molar-refractivity contribution in [3.63, 3.8) is 0 Å². The number of pyridine rings is 1. The topological polar surface area (TPSA) is 68.7 Å². The van der Waals surface area contributed by atoms with Gasteiger partial charge in [-0.3, -0.25) is 0 Å². The molecule has 0 saturated carbocycles. The Morgan fingerprint density at radius 2 is 1.52 bits per heavy atom. The Labute approximate surface area is 169 Å². The maximum atomic E-state index is 12.5. The molecular formula is C16H21Br2ClN2O4. The zero-order valence-corrected chi connectivity index (χ0v) is 18.8. The van der Waals surface area contributed by atoms with Crippen LogP contribution in [0.3, 0.4) is 0 Å². The standard InChI is InChI=1S/C16H21Br2ClN2O4/c1-15(2,3)24-13(22)21(14(23)25-16(4,5)6)12-10(19)7-9(8-20-12)11(17)18/h7-8,11H,1-6H3. The number of imide groups is 1. The molecule has 0 fully saturated rings. The van der Waals surface area contributed by atoms with Gasteiger partial charge in [0.05, 0.1) is 8.76 Å². The molecule has 6 nitrogen and oxygen atoms in total. The van der Waals surface area contributed by atoms with Gasteiger partial charge >= 0.3 is 12.2 Å². The van der Waals surface area contributed by atoms with E-state index in [0.29, 0.717) is 4.90 Å². The van der Waals surface area contributed by atoms with Gasteiger partial charge in [-0.2, -0.15) is 4.90 Å². The molecule has 0 atom stereocenters.